The van der Waals surface area contributed by atoms with Crippen molar-refractivity contribution in [2.45, 2.75) is 90.1 Å². The summed E-state index contributed by atoms with van der Waals surface area (Å²) < 4.78 is 20.4. The molecule has 224 valence electrons. The smallest absolute Gasteiger partial charge is 0.313 e. The number of fused-ring (bicyclic) bond motifs is 5. The normalized spacial score (nSPS) is 36.4. The molecule has 0 amide bonds. The number of carbonyl (C=O) groups excluding carboxylic acids is 3. The van der Waals surface area contributed by atoms with Crippen LogP contribution in [-0.4, -0.2) is 34.9 Å². The van der Waals surface area contributed by atoms with Gasteiger partial charge in [0, 0.05) is 23.8 Å². The van der Waals surface area contributed by atoms with Crippen molar-refractivity contribution in [1.82, 2.24) is 0 Å². The van der Waals surface area contributed by atoms with Crippen LogP contribution < -0.4 is 0 Å². The van der Waals surface area contributed by atoms with Gasteiger partial charge in [0.05, 0.1) is 5.92 Å². The van der Waals surface area contributed by atoms with Gasteiger partial charge in [0.25, 0.3) is 0 Å². The Kier molecular flexibility index (Phi) is 7.44. The van der Waals surface area contributed by atoms with Crippen LogP contribution in [-0.2, 0) is 19.1 Å². The van der Waals surface area contributed by atoms with Crippen LogP contribution in [0.5, 0.6) is 0 Å². The molecule has 0 radical (unpaired) electrons. The van der Waals surface area contributed by atoms with Gasteiger partial charge in [0.2, 0.25) is 5.78 Å². The first-order chi connectivity index (χ1) is 20.0. The molecule has 0 heterocycles. The zero-order valence-electron chi connectivity index (χ0n) is 25.0. The first-order valence-corrected chi connectivity index (χ1v) is 15.8. The largest absolute Gasteiger partial charge is 0.457 e. The lowest BCUT2D eigenvalue weighted by molar-refractivity contribution is -0.175. The summed E-state index contributed by atoms with van der Waals surface area (Å²) in [6.45, 7) is 5.61. The van der Waals surface area contributed by atoms with E-state index in [1.807, 2.05) is 30.3 Å². The molecule has 2 aromatic rings. The fourth-order valence-corrected chi connectivity index (χ4v) is 9.69. The van der Waals surface area contributed by atoms with Crippen molar-refractivity contribution in [2.24, 2.45) is 34.5 Å². The predicted octanol–water partition coefficient (Wildman–Crippen LogP) is 7.05. The van der Waals surface area contributed by atoms with E-state index < -0.39 is 41.1 Å². The summed E-state index contributed by atoms with van der Waals surface area (Å²) in [7, 11) is 0. The van der Waals surface area contributed by atoms with E-state index in [-0.39, 0.29) is 11.3 Å². The molecule has 0 saturated heterocycles. The second-order valence-corrected chi connectivity index (χ2v) is 14.1. The topological polar surface area (TPSA) is 80.7 Å². The van der Waals surface area contributed by atoms with E-state index in [9.17, 15) is 23.9 Å². The molecule has 6 rings (SSSR count). The van der Waals surface area contributed by atoms with Crippen LogP contribution in [0.15, 0.2) is 48.5 Å². The highest BCUT2D eigenvalue weighted by atomic mass is 19.1. The number of benzene rings is 2. The molecule has 6 heteroatoms. The summed E-state index contributed by atoms with van der Waals surface area (Å²) in [6, 6.07) is 13.9. The highest BCUT2D eigenvalue weighted by Gasteiger charge is 2.66. The maximum Gasteiger partial charge on any atom is 0.313 e. The number of hydrogen-bond acceptors (Lipinski definition) is 5. The third-order valence-corrected chi connectivity index (χ3v) is 12.4. The van der Waals surface area contributed by atoms with Crippen molar-refractivity contribution in [3.63, 3.8) is 0 Å². The summed E-state index contributed by atoms with van der Waals surface area (Å²) in [4.78, 5) is 38.8. The highest BCUT2D eigenvalue weighted by molar-refractivity contribution is 5.91. The lowest BCUT2D eigenvalue weighted by Gasteiger charge is -2.60. The second-order valence-electron chi connectivity index (χ2n) is 14.1. The van der Waals surface area contributed by atoms with E-state index >= 15 is 0 Å². The molecule has 0 spiro atoms. The van der Waals surface area contributed by atoms with E-state index in [1.165, 1.54) is 6.07 Å². The Morgan fingerprint density at radius 2 is 1.74 bits per heavy atom. The maximum absolute atomic E-state index is 14.9. The SMILES string of the molecule is CC(C(=O)OCC(=O)[C@@]1(O)CCC2C3CC[C@@H]4CC(=O)CCC4(C)C3CCC21C)c1ccc(-c2ccccc2)c(F)c1. The summed E-state index contributed by atoms with van der Waals surface area (Å²) in [5.74, 6) is -0.170. The number of ketones is 2. The second kappa shape index (κ2) is 10.7. The van der Waals surface area contributed by atoms with Crippen LogP contribution in [0, 0.1) is 40.3 Å². The van der Waals surface area contributed by atoms with Gasteiger partial charge in [0.15, 0.2) is 6.61 Å². The van der Waals surface area contributed by atoms with Gasteiger partial charge in [-0.1, -0.05) is 56.3 Å². The molecule has 5 nitrogen and oxygen atoms in total. The van der Waals surface area contributed by atoms with Crippen LogP contribution in [0.3, 0.4) is 0 Å². The zero-order valence-corrected chi connectivity index (χ0v) is 25.0. The Balaban J connectivity index is 1.11. The van der Waals surface area contributed by atoms with Crippen molar-refractivity contribution in [3.8, 4) is 11.1 Å². The van der Waals surface area contributed by atoms with Gasteiger partial charge in [-0.15, -0.1) is 0 Å². The van der Waals surface area contributed by atoms with Crippen molar-refractivity contribution in [1.29, 1.82) is 0 Å². The van der Waals surface area contributed by atoms with E-state index in [1.54, 1.807) is 19.1 Å². The third-order valence-electron chi connectivity index (χ3n) is 12.4. The van der Waals surface area contributed by atoms with Crippen molar-refractivity contribution in [3.05, 3.63) is 59.9 Å². The van der Waals surface area contributed by atoms with E-state index in [2.05, 4.69) is 13.8 Å². The Bertz CT molecular complexity index is 1390. The fourth-order valence-electron chi connectivity index (χ4n) is 9.69. The molecule has 6 unspecified atom stereocenters. The lowest BCUT2D eigenvalue weighted by atomic mass is 9.44. The Hall–Kier alpha value is -2.86. The minimum Gasteiger partial charge on any atom is -0.457 e. The van der Waals surface area contributed by atoms with Crippen molar-refractivity contribution < 1.29 is 28.6 Å². The van der Waals surface area contributed by atoms with Crippen molar-refractivity contribution >= 4 is 17.5 Å². The first kappa shape index (κ1) is 29.2. The van der Waals surface area contributed by atoms with Crippen molar-refractivity contribution in [2.75, 3.05) is 6.61 Å². The molecule has 4 aliphatic carbocycles. The number of hydrogen-bond donors (Lipinski definition) is 1. The number of aliphatic hydroxyl groups is 1. The summed E-state index contributed by atoms with van der Waals surface area (Å²) >= 11 is 0. The van der Waals surface area contributed by atoms with Crippen LogP contribution in [0.4, 0.5) is 4.39 Å². The van der Waals surface area contributed by atoms with Gasteiger partial charge in [-0.3, -0.25) is 14.4 Å². The molecule has 4 aliphatic rings. The molecular formula is C36H43FO5. The Morgan fingerprint density at radius 3 is 2.48 bits per heavy atom. The Morgan fingerprint density at radius 1 is 1.00 bits per heavy atom. The van der Waals surface area contributed by atoms with Gasteiger partial charge in [0.1, 0.15) is 17.2 Å². The number of halogens is 1. The third kappa shape index (κ3) is 4.56. The average molecular weight is 575 g/mol. The van der Waals surface area contributed by atoms with E-state index in [4.69, 9.17) is 4.74 Å². The van der Waals surface area contributed by atoms with Crippen LogP contribution >= 0.6 is 0 Å². The minimum absolute atomic E-state index is 0.160. The van der Waals surface area contributed by atoms with E-state index in [0.717, 1.165) is 44.1 Å². The Labute approximate surface area is 248 Å². The fraction of sp³-hybridized carbons (Fsp3) is 0.583. The van der Waals surface area contributed by atoms with Gasteiger partial charge in [-0.25, -0.2) is 4.39 Å². The first-order valence-electron chi connectivity index (χ1n) is 15.8. The van der Waals surface area contributed by atoms with Crippen LogP contribution in [0.1, 0.15) is 90.0 Å². The summed E-state index contributed by atoms with van der Waals surface area (Å²) in [5.41, 5.74) is -0.251. The highest BCUT2D eigenvalue weighted by Crippen LogP contribution is 2.68. The number of carbonyl (C=O) groups is 3. The van der Waals surface area contributed by atoms with Gasteiger partial charge < -0.3 is 9.84 Å². The average Bonchev–Trinajstić information content (AvgIpc) is 3.27. The number of ether oxygens (including phenoxy) is 1. The quantitative estimate of drug-likeness (QED) is 0.374. The van der Waals surface area contributed by atoms with Gasteiger partial charge in [-0.05, 0) is 98.1 Å². The molecule has 0 bridgehead atoms. The molecule has 8 atom stereocenters. The summed E-state index contributed by atoms with van der Waals surface area (Å²) in [5, 5.41) is 11.9. The predicted molar refractivity (Wildman–Crippen MR) is 158 cm³/mol. The number of Topliss-reactive ketones (excluding diaryl/α,β-unsaturated/α-hetero) is 2. The summed E-state index contributed by atoms with van der Waals surface area (Å²) in [6.07, 6.45) is 7.32. The van der Waals surface area contributed by atoms with E-state index in [0.29, 0.717) is 53.9 Å². The van der Waals surface area contributed by atoms with Crippen LogP contribution in [0.25, 0.3) is 11.1 Å². The molecule has 0 aliphatic heterocycles. The zero-order chi connectivity index (χ0) is 29.9. The lowest BCUT2D eigenvalue weighted by Crippen LogP contribution is -2.59. The van der Waals surface area contributed by atoms with Gasteiger partial charge in [-0.2, -0.15) is 0 Å². The molecule has 0 aromatic heterocycles. The standard InChI is InChI=1S/C36H43FO5/c1-22(24-9-11-27(31(37)19-24)23-7-5-4-6-8-23)33(40)42-21-32(39)36(41)18-15-30-28-12-10-25-20-26(38)13-16-34(25,2)29(28)14-17-35(30,36)3/h4-9,11,19,22,25,28-30,41H,10,12-18,20-21H2,1-3H3/t22?,25-,28?,29?,30?,34?,35?,36+/m1/s1. The number of rotatable bonds is 6. The maximum atomic E-state index is 14.9. The minimum atomic E-state index is -1.53. The molecular weight excluding hydrogens is 531 g/mol. The van der Waals surface area contributed by atoms with Gasteiger partial charge >= 0.3 is 5.97 Å². The number of esters is 1. The molecule has 4 saturated carbocycles. The molecule has 42 heavy (non-hydrogen) atoms. The van der Waals surface area contributed by atoms with Crippen LogP contribution in [0.2, 0.25) is 0 Å². The monoisotopic (exact) mass is 574 g/mol. The molecule has 4 fully saturated rings. The molecule has 2 aromatic carbocycles. The molecule has 1 N–H and O–H groups in total.